The summed E-state index contributed by atoms with van der Waals surface area (Å²) in [5.74, 6) is -5.37. The van der Waals surface area contributed by atoms with Crippen LogP contribution in [0.2, 0.25) is 0 Å². The van der Waals surface area contributed by atoms with Gasteiger partial charge in [-0.1, -0.05) is 86.6 Å². The third-order valence-electron chi connectivity index (χ3n) is 7.55. The summed E-state index contributed by atoms with van der Waals surface area (Å²) < 4.78 is 0. The van der Waals surface area contributed by atoms with Crippen LogP contribution in [-0.4, -0.2) is 77.2 Å². The molecule has 0 fully saturated rings. The normalized spacial score (nSPS) is 13.3. The number of carbonyl (C=O) groups excluding carboxylic acids is 6. The molecule has 8 N–H and O–H groups in total. The average Bonchev–Trinajstić information content (AvgIpc) is 3.05. The predicted molar refractivity (Wildman–Crippen MR) is 181 cm³/mol. The van der Waals surface area contributed by atoms with Crippen LogP contribution in [0.5, 0.6) is 0 Å². The van der Waals surface area contributed by atoms with Gasteiger partial charge in [-0.15, -0.1) is 0 Å². The van der Waals surface area contributed by atoms with E-state index in [9.17, 15) is 38.7 Å². The smallest absolute Gasteiger partial charge is 0.405 e. The third kappa shape index (κ3) is 12.1. The molecule has 0 spiro atoms. The van der Waals surface area contributed by atoms with Crippen molar-refractivity contribution in [2.75, 3.05) is 6.54 Å². The summed E-state index contributed by atoms with van der Waals surface area (Å²) in [5.41, 5.74) is 6.94. The Hall–Kier alpha value is -5.79. The van der Waals surface area contributed by atoms with E-state index in [-0.39, 0.29) is 25.2 Å². The molecule has 14 heteroatoms. The van der Waals surface area contributed by atoms with E-state index in [4.69, 9.17) is 5.73 Å². The number of amides is 6. The van der Waals surface area contributed by atoms with Crippen LogP contribution < -0.4 is 32.3 Å². The summed E-state index contributed by atoms with van der Waals surface area (Å²) >= 11 is 0. The largest absolute Gasteiger partial charge is 0.465 e. The molecule has 49 heavy (non-hydrogen) atoms. The van der Waals surface area contributed by atoms with Crippen molar-refractivity contribution in [1.82, 2.24) is 26.6 Å². The summed E-state index contributed by atoms with van der Waals surface area (Å²) in [7, 11) is 0. The van der Waals surface area contributed by atoms with Crippen molar-refractivity contribution in [3.05, 3.63) is 83.9 Å². The first-order chi connectivity index (χ1) is 23.2. The minimum absolute atomic E-state index is 0.0290. The second-order valence-electron chi connectivity index (χ2n) is 12.1. The number of hydrogen-bond donors (Lipinski definition) is 7. The van der Waals surface area contributed by atoms with Gasteiger partial charge in [0.1, 0.15) is 18.1 Å². The minimum atomic E-state index is -1.42. The number of rotatable bonds is 17. The highest BCUT2D eigenvalue weighted by atomic mass is 16.4. The zero-order valence-electron chi connectivity index (χ0n) is 27.5. The lowest BCUT2D eigenvalue weighted by Crippen LogP contribution is -2.57. The number of fused-ring (bicyclic) bond motifs is 1. The molecule has 1 unspecified atom stereocenters. The summed E-state index contributed by atoms with van der Waals surface area (Å²) in [4.78, 5) is 87.7. The maximum Gasteiger partial charge on any atom is 0.405 e. The molecule has 0 aliphatic rings. The Morgan fingerprint density at radius 2 is 1.29 bits per heavy atom. The number of carboxylic acid groups (broad SMARTS) is 1. The van der Waals surface area contributed by atoms with E-state index in [1.807, 2.05) is 42.5 Å². The number of Topliss-reactive ketones (excluding diaryl/α,β-unsaturated/α-hetero) is 1. The van der Waals surface area contributed by atoms with Crippen molar-refractivity contribution in [2.45, 2.75) is 64.2 Å². The Balaban J connectivity index is 1.55. The number of carbonyl (C=O) groups is 7. The van der Waals surface area contributed by atoms with E-state index in [1.54, 1.807) is 44.2 Å². The fourth-order valence-electron chi connectivity index (χ4n) is 5.08. The number of benzene rings is 3. The highest BCUT2D eigenvalue weighted by molar-refractivity contribution is 6.38. The number of nitrogens with two attached hydrogens (primary N) is 1. The van der Waals surface area contributed by atoms with Gasteiger partial charge in [0.2, 0.25) is 29.4 Å². The minimum Gasteiger partial charge on any atom is -0.465 e. The van der Waals surface area contributed by atoms with Crippen molar-refractivity contribution in [3.63, 3.8) is 0 Å². The fraction of sp³-hybridized carbons (Fsp3) is 0.343. The van der Waals surface area contributed by atoms with Gasteiger partial charge in [-0.3, -0.25) is 28.8 Å². The Labute approximate surface area is 283 Å². The third-order valence-corrected chi connectivity index (χ3v) is 7.55. The molecule has 3 aromatic carbocycles. The molecule has 14 nitrogen and oxygen atoms in total. The molecular formula is C35H42N6O8. The van der Waals surface area contributed by atoms with Gasteiger partial charge in [-0.25, -0.2) is 4.79 Å². The molecule has 0 heterocycles. The van der Waals surface area contributed by atoms with Gasteiger partial charge in [-0.05, 0) is 41.2 Å². The van der Waals surface area contributed by atoms with Crippen LogP contribution in [-0.2, 0) is 41.6 Å². The van der Waals surface area contributed by atoms with Crippen LogP contribution in [0.25, 0.3) is 10.8 Å². The van der Waals surface area contributed by atoms with Gasteiger partial charge < -0.3 is 37.4 Å². The fourth-order valence-corrected chi connectivity index (χ4v) is 5.08. The van der Waals surface area contributed by atoms with E-state index in [0.717, 1.165) is 16.3 Å². The van der Waals surface area contributed by atoms with Crippen molar-refractivity contribution in [2.24, 2.45) is 11.7 Å². The first-order valence-electron chi connectivity index (χ1n) is 15.8. The summed E-state index contributed by atoms with van der Waals surface area (Å²) in [6, 6.07) is 17.1. The van der Waals surface area contributed by atoms with E-state index in [0.29, 0.717) is 5.56 Å². The van der Waals surface area contributed by atoms with E-state index >= 15 is 0 Å². The van der Waals surface area contributed by atoms with Crippen LogP contribution in [0.1, 0.15) is 38.3 Å². The second-order valence-corrected chi connectivity index (χ2v) is 12.1. The first kappa shape index (κ1) is 37.7. The van der Waals surface area contributed by atoms with Gasteiger partial charge in [-0.2, -0.15) is 0 Å². The summed E-state index contributed by atoms with van der Waals surface area (Å²) in [6.45, 7) is 4.24. The molecular weight excluding hydrogens is 632 g/mol. The Morgan fingerprint density at radius 1 is 0.673 bits per heavy atom. The molecule has 0 aromatic heterocycles. The molecule has 3 rings (SSSR count). The van der Waals surface area contributed by atoms with Crippen LogP contribution in [0, 0.1) is 5.92 Å². The van der Waals surface area contributed by atoms with Crippen molar-refractivity contribution >= 4 is 52.2 Å². The zero-order valence-corrected chi connectivity index (χ0v) is 27.5. The summed E-state index contributed by atoms with van der Waals surface area (Å²) in [5, 5.41) is 23.0. The zero-order chi connectivity index (χ0) is 36.1. The number of hydrogen-bond acceptors (Lipinski definition) is 7. The SMILES string of the molecule is CC(C)C[C@H](NC(=O)[C@H](Cc1ccccc1)NC(=O)O)C(=O)NC(C)C(=O)C(=O)NCC(=O)N[C@@H](Cc1ccc2ccccc2c1)C(N)=O. The maximum absolute atomic E-state index is 13.2. The number of nitrogens with one attached hydrogen (secondary N) is 5. The van der Waals surface area contributed by atoms with Crippen molar-refractivity contribution in [3.8, 4) is 0 Å². The average molecular weight is 675 g/mol. The highest BCUT2D eigenvalue weighted by Crippen LogP contribution is 2.17. The molecule has 0 radical (unpaired) electrons. The Morgan fingerprint density at radius 3 is 1.92 bits per heavy atom. The number of ketones is 1. The second kappa shape index (κ2) is 17.9. The van der Waals surface area contributed by atoms with Crippen LogP contribution >= 0.6 is 0 Å². The topological polar surface area (TPSA) is 226 Å². The van der Waals surface area contributed by atoms with Gasteiger partial charge in [0.15, 0.2) is 0 Å². The lowest BCUT2D eigenvalue weighted by Gasteiger charge is -2.25. The molecule has 0 saturated heterocycles. The lowest BCUT2D eigenvalue weighted by atomic mass is 10.0. The molecule has 3 aromatic rings. The van der Waals surface area contributed by atoms with Gasteiger partial charge in [0.25, 0.3) is 5.91 Å². The lowest BCUT2D eigenvalue weighted by molar-refractivity contribution is -0.140. The standard InChI is InChI=1S/C35H42N6O8/c1-20(2)15-27(40-33(46)28(41-35(48)49)17-22-9-5-4-6-10-22)32(45)38-21(3)30(43)34(47)37-19-29(42)39-26(31(36)44)18-23-13-14-24-11-7-8-12-25(24)16-23/h4-14,16,20-21,26-28,41H,15,17-19H2,1-3H3,(H2,36,44)(H,37,47)(H,38,45)(H,39,42)(H,40,46)(H,48,49)/t21?,26-,27-,28-/m0/s1. The van der Waals surface area contributed by atoms with Gasteiger partial charge in [0, 0.05) is 12.8 Å². The van der Waals surface area contributed by atoms with Crippen LogP contribution in [0.4, 0.5) is 4.79 Å². The summed E-state index contributed by atoms with van der Waals surface area (Å²) in [6.07, 6.45) is -1.14. The molecule has 0 saturated carbocycles. The first-order valence-corrected chi connectivity index (χ1v) is 15.8. The van der Waals surface area contributed by atoms with Crippen molar-refractivity contribution < 1.29 is 38.7 Å². The maximum atomic E-state index is 13.2. The van der Waals surface area contributed by atoms with Gasteiger partial charge in [0.05, 0.1) is 12.6 Å². The molecule has 0 bridgehead atoms. The quantitative estimate of drug-likeness (QED) is 0.102. The Kier molecular flexibility index (Phi) is 13.8. The molecule has 0 aliphatic carbocycles. The predicted octanol–water partition coefficient (Wildman–Crippen LogP) is 0.952. The molecule has 6 amide bonds. The molecule has 260 valence electrons. The highest BCUT2D eigenvalue weighted by Gasteiger charge is 2.31. The van der Waals surface area contributed by atoms with E-state index in [2.05, 4.69) is 26.6 Å². The molecule has 4 atom stereocenters. The number of primary amides is 1. The molecule has 0 aliphatic heterocycles. The van der Waals surface area contributed by atoms with Crippen molar-refractivity contribution in [1.29, 1.82) is 0 Å². The van der Waals surface area contributed by atoms with Crippen LogP contribution in [0.15, 0.2) is 72.8 Å². The Bertz CT molecular complexity index is 1680. The van der Waals surface area contributed by atoms with Crippen LogP contribution in [0.3, 0.4) is 0 Å². The van der Waals surface area contributed by atoms with E-state index in [1.165, 1.54) is 6.92 Å². The monoisotopic (exact) mass is 674 g/mol. The van der Waals surface area contributed by atoms with Gasteiger partial charge >= 0.3 is 6.09 Å². The van der Waals surface area contributed by atoms with E-state index < -0.39 is 72.1 Å².